The number of carbonyl (C=O) groups is 3. The average Bonchev–Trinajstić information content (AvgIpc) is 2.87. The van der Waals surface area contributed by atoms with Gasteiger partial charge in [0.2, 0.25) is 5.91 Å². The summed E-state index contributed by atoms with van der Waals surface area (Å²) in [5, 5.41) is 12.3. The first kappa shape index (κ1) is 18.6. The van der Waals surface area contributed by atoms with Gasteiger partial charge in [-0.05, 0) is 44.7 Å². The first-order valence-electron chi connectivity index (χ1n) is 9.22. The smallest absolute Gasteiger partial charge is 0.261 e. The zero-order chi connectivity index (χ0) is 18.9. The molecular formula is C20H26N2O4. The van der Waals surface area contributed by atoms with Crippen molar-refractivity contribution in [1.29, 1.82) is 0 Å². The Morgan fingerprint density at radius 3 is 2.31 bits per heavy atom. The lowest BCUT2D eigenvalue weighted by Gasteiger charge is -2.35. The molecule has 0 aromatic heterocycles. The van der Waals surface area contributed by atoms with Crippen LogP contribution in [0.3, 0.4) is 0 Å². The summed E-state index contributed by atoms with van der Waals surface area (Å²) in [5.74, 6) is -0.957. The molecule has 2 unspecified atom stereocenters. The highest BCUT2D eigenvalue weighted by molar-refractivity contribution is 6.21. The molecular weight excluding hydrogens is 332 g/mol. The van der Waals surface area contributed by atoms with Crippen LogP contribution in [0.4, 0.5) is 0 Å². The van der Waals surface area contributed by atoms with Gasteiger partial charge in [-0.2, -0.15) is 0 Å². The predicted molar refractivity (Wildman–Crippen MR) is 96.6 cm³/mol. The summed E-state index contributed by atoms with van der Waals surface area (Å²) >= 11 is 0. The van der Waals surface area contributed by atoms with E-state index in [1.807, 2.05) is 0 Å². The van der Waals surface area contributed by atoms with E-state index < -0.39 is 5.54 Å². The molecule has 0 radical (unpaired) electrons. The van der Waals surface area contributed by atoms with Gasteiger partial charge in [0, 0.05) is 12.5 Å². The zero-order valence-electron chi connectivity index (χ0n) is 15.3. The number of aliphatic hydroxyl groups is 1. The van der Waals surface area contributed by atoms with Crippen molar-refractivity contribution in [2.75, 3.05) is 13.2 Å². The lowest BCUT2D eigenvalue weighted by atomic mass is 9.78. The molecule has 2 N–H and O–H groups in total. The van der Waals surface area contributed by atoms with Crippen LogP contribution in [0.25, 0.3) is 0 Å². The van der Waals surface area contributed by atoms with Crippen LogP contribution in [-0.2, 0) is 4.79 Å². The molecule has 3 amide bonds. The maximum Gasteiger partial charge on any atom is 0.261 e. The number of benzene rings is 1. The Morgan fingerprint density at radius 1 is 1.15 bits per heavy atom. The van der Waals surface area contributed by atoms with E-state index in [2.05, 4.69) is 5.32 Å². The summed E-state index contributed by atoms with van der Waals surface area (Å²) in [6.45, 7) is 3.66. The summed E-state index contributed by atoms with van der Waals surface area (Å²) in [5.41, 5.74) is 0.195. The molecule has 1 aromatic carbocycles. The Bertz CT molecular complexity index is 693. The van der Waals surface area contributed by atoms with Gasteiger partial charge < -0.3 is 10.4 Å². The number of hydrogen-bond acceptors (Lipinski definition) is 4. The van der Waals surface area contributed by atoms with Crippen LogP contribution in [-0.4, -0.2) is 46.4 Å². The number of nitrogens with zero attached hydrogens (tertiary/aromatic N) is 1. The highest BCUT2D eigenvalue weighted by atomic mass is 16.3. The molecule has 6 nitrogen and oxygen atoms in total. The van der Waals surface area contributed by atoms with Crippen molar-refractivity contribution in [1.82, 2.24) is 10.2 Å². The largest absolute Gasteiger partial charge is 0.394 e. The van der Waals surface area contributed by atoms with Gasteiger partial charge in [-0.3, -0.25) is 19.3 Å². The number of amides is 3. The number of carbonyl (C=O) groups excluding carboxylic acids is 3. The quantitative estimate of drug-likeness (QED) is 0.788. The SMILES string of the molecule is CC(C)(CO)NC(=O)C1CCCCC1CN1C(=O)c2ccccc2C1=O. The van der Waals surface area contributed by atoms with E-state index in [9.17, 15) is 19.5 Å². The molecule has 0 saturated heterocycles. The van der Waals surface area contributed by atoms with Gasteiger partial charge in [0.15, 0.2) is 0 Å². The Kier molecular flexibility index (Phi) is 5.14. The van der Waals surface area contributed by atoms with Gasteiger partial charge in [0.1, 0.15) is 0 Å². The molecule has 0 bridgehead atoms. The predicted octanol–water partition coefficient (Wildman–Crippen LogP) is 1.98. The molecule has 1 aliphatic carbocycles. The van der Waals surface area contributed by atoms with Crippen molar-refractivity contribution in [2.24, 2.45) is 11.8 Å². The average molecular weight is 358 g/mol. The minimum Gasteiger partial charge on any atom is -0.394 e. The summed E-state index contributed by atoms with van der Waals surface area (Å²) in [4.78, 5) is 39.2. The van der Waals surface area contributed by atoms with Crippen molar-refractivity contribution in [3.05, 3.63) is 35.4 Å². The number of aliphatic hydroxyl groups excluding tert-OH is 1. The third-order valence-electron chi connectivity index (χ3n) is 5.40. The topological polar surface area (TPSA) is 86.7 Å². The highest BCUT2D eigenvalue weighted by Gasteiger charge is 2.40. The van der Waals surface area contributed by atoms with Crippen LogP contribution in [0.1, 0.15) is 60.2 Å². The lowest BCUT2D eigenvalue weighted by molar-refractivity contribution is -0.130. The normalized spacial score (nSPS) is 23.1. The summed E-state index contributed by atoms with van der Waals surface area (Å²) in [7, 11) is 0. The van der Waals surface area contributed by atoms with E-state index >= 15 is 0 Å². The molecule has 26 heavy (non-hydrogen) atoms. The number of nitrogens with one attached hydrogen (secondary N) is 1. The van der Waals surface area contributed by atoms with Gasteiger partial charge >= 0.3 is 0 Å². The first-order valence-corrected chi connectivity index (χ1v) is 9.22. The van der Waals surface area contributed by atoms with Gasteiger partial charge in [-0.25, -0.2) is 0 Å². The second-order valence-corrected chi connectivity index (χ2v) is 7.95. The van der Waals surface area contributed by atoms with Crippen molar-refractivity contribution in [2.45, 2.75) is 45.1 Å². The van der Waals surface area contributed by atoms with E-state index in [1.165, 1.54) is 4.90 Å². The molecule has 0 spiro atoms. The maximum atomic E-state index is 12.7. The van der Waals surface area contributed by atoms with Gasteiger partial charge in [0.05, 0.1) is 23.3 Å². The number of hydrogen-bond donors (Lipinski definition) is 2. The van der Waals surface area contributed by atoms with Crippen LogP contribution in [0, 0.1) is 11.8 Å². The van der Waals surface area contributed by atoms with E-state index in [0.29, 0.717) is 11.1 Å². The van der Waals surface area contributed by atoms with E-state index in [0.717, 1.165) is 25.7 Å². The molecule has 6 heteroatoms. The van der Waals surface area contributed by atoms with Crippen LogP contribution in [0.15, 0.2) is 24.3 Å². The fourth-order valence-corrected chi connectivity index (χ4v) is 3.88. The van der Waals surface area contributed by atoms with E-state index in [4.69, 9.17) is 0 Å². The zero-order valence-corrected chi connectivity index (χ0v) is 15.3. The van der Waals surface area contributed by atoms with Crippen LogP contribution >= 0.6 is 0 Å². The molecule has 1 fully saturated rings. The number of rotatable bonds is 5. The minimum absolute atomic E-state index is 0.0551. The molecule has 140 valence electrons. The van der Waals surface area contributed by atoms with Crippen molar-refractivity contribution in [3.8, 4) is 0 Å². The third-order valence-corrected chi connectivity index (χ3v) is 5.40. The van der Waals surface area contributed by atoms with Crippen molar-refractivity contribution < 1.29 is 19.5 Å². The van der Waals surface area contributed by atoms with E-state index in [-0.39, 0.29) is 42.7 Å². The van der Waals surface area contributed by atoms with Gasteiger partial charge in [-0.1, -0.05) is 25.0 Å². The number of fused-ring (bicyclic) bond motifs is 1. The van der Waals surface area contributed by atoms with E-state index in [1.54, 1.807) is 38.1 Å². The third kappa shape index (κ3) is 3.51. The molecule has 1 aliphatic heterocycles. The van der Waals surface area contributed by atoms with Gasteiger partial charge in [0.25, 0.3) is 11.8 Å². The molecule has 2 aliphatic rings. The Hall–Kier alpha value is -2.21. The Morgan fingerprint density at radius 2 is 1.73 bits per heavy atom. The van der Waals surface area contributed by atoms with Crippen LogP contribution < -0.4 is 5.32 Å². The van der Waals surface area contributed by atoms with Gasteiger partial charge in [-0.15, -0.1) is 0 Å². The second kappa shape index (κ2) is 7.19. The summed E-state index contributed by atoms with van der Waals surface area (Å²) in [6.07, 6.45) is 3.49. The monoisotopic (exact) mass is 358 g/mol. The fraction of sp³-hybridized carbons (Fsp3) is 0.550. The lowest BCUT2D eigenvalue weighted by Crippen LogP contribution is -2.51. The molecule has 1 heterocycles. The highest BCUT2D eigenvalue weighted by Crippen LogP contribution is 2.33. The molecule has 1 aromatic rings. The molecule has 2 atom stereocenters. The standard InChI is InChI=1S/C20H26N2O4/c1-20(2,12-23)21-17(24)14-8-4-3-7-13(14)11-22-18(25)15-9-5-6-10-16(15)19(22)26/h5-6,9-10,13-14,23H,3-4,7-8,11-12H2,1-2H3,(H,21,24). The Labute approximate surface area is 153 Å². The number of imide groups is 1. The van der Waals surface area contributed by atoms with Crippen molar-refractivity contribution >= 4 is 17.7 Å². The first-order chi connectivity index (χ1) is 12.3. The maximum absolute atomic E-state index is 12.7. The second-order valence-electron chi connectivity index (χ2n) is 7.95. The summed E-state index contributed by atoms with van der Waals surface area (Å²) in [6, 6.07) is 6.84. The fourth-order valence-electron chi connectivity index (χ4n) is 3.88. The van der Waals surface area contributed by atoms with Crippen LogP contribution in [0.2, 0.25) is 0 Å². The van der Waals surface area contributed by atoms with Crippen LogP contribution in [0.5, 0.6) is 0 Å². The molecule has 1 saturated carbocycles. The molecule has 3 rings (SSSR count). The Balaban J connectivity index is 1.74. The minimum atomic E-state index is -0.686. The van der Waals surface area contributed by atoms with Crippen molar-refractivity contribution in [3.63, 3.8) is 0 Å². The summed E-state index contributed by atoms with van der Waals surface area (Å²) < 4.78 is 0.